The molecule has 0 bridgehead atoms. The highest BCUT2D eigenvalue weighted by Crippen LogP contribution is 2.30. The van der Waals surface area contributed by atoms with Crippen LogP contribution < -0.4 is 4.72 Å². The van der Waals surface area contributed by atoms with Crippen molar-refractivity contribution in [3.05, 3.63) is 35.2 Å². The number of phenols is 1. The van der Waals surface area contributed by atoms with Crippen molar-refractivity contribution in [1.29, 1.82) is 0 Å². The van der Waals surface area contributed by atoms with Gasteiger partial charge in [0.2, 0.25) is 0 Å². The van der Waals surface area contributed by atoms with Crippen molar-refractivity contribution in [2.24, 2.45) is 0 Å². The third-order valence-corrected chi connectivity index (χ3v) is 4.97. The van der Waals surface area contributed by atoms with Crippen molar-refractivity contribution in [2.75, 3.05) is 4.72 Å². The van der Waals surface area contributed by atoms with Crippen LogP contribution in [0, 0.1) is 20.8 Å². The number of hydrogen-bond donors (Lipinski definition) is 2. The number of phenolic OH excluding ortho intramolecular Hbond substituents is 1. The fourth-order valence-electron chi connectivity index (χ4n) is 2.35. The molecule has 7 heteroatoms. The van der Waals surface area contributed by atoms with Gasteiger partial charge in [-0.2, -0.15) is 5.10 Å². The Kier molecular flexibility index (Phi) is 3.95. The number of sulfonamides is 1. The number of rotatable bonds is 4. The summed E-state index contributed by atoms with van der Waals surface area (Å²) in [7, 11) is -3.80. The molecule has 2 rings (SSSR count). The first kappa shape index (κ1) is 15.4. The number of aromatic hydroxyl groups is 1. The minimum Gasteiger partial charge on any atom is -0.506 e. The van der Waals surface area contributed by atoms with Gasteiger partial charge in [-0.1, -0.05) is 12.1 Å². The predicted molar refractivity (Wildman–Crippen MR) is 81.0 cm³/mol. The number of para-hydroxylation sites is 1. The molecule has 0 amide bonds. The second-order valence-corrected chi connectivity index (χ2v) is 6.51. The molecule has 1 aromatic heterocycles. The molecule has 0 saturated heterocycles. The lowest BCUT2D eigenvalue weighted by atomic mass is 10.2. The Balaban J connectivity index is 2.52. The molecule has 21 heavy (non-hydrogen) atoms. The third-order valence-electron chi connectivity index (χ3n) is 3.37. The van der Waals surface area contributed by atoms with E-state index in [1.165, 1.54) is 6.07 Å². The van der Waals surface area contributed by atoms with Gasteiger partial charge in [-0.15, -0.1) is 0 Å². The summed E-state index contributed by atoms with van der Waals surface area (Å²) in [6, 6.07) is 4.83. The topological polar surface area (TPSA) is 84.2 Å². The Hall–Kier alpha value is -2.02. The van der Waals surface area contributed by atoms with Crippen LogP contribution in [0.5, 0.6) is 5.75 Å². The zero-order valence-electron chi connectivity index (χ0n) is 12.5. The van der Waals surface area contributed by atoms with E-state index in [4.69, 9.17) is 0 Å². The molecule has 6 nitrogen and oxygen atoms in total. The van der Waals surface area contributed by atoms with E-state index in [1.54, 1.807) is 37.6 Å². The van der Waals surface area contributed by atoms with Gasteiger partial charge < -0.3 is 5.11 Å². The van der Waals surface area contributed by atoms with Crippen LogP contribution >= 0.6 is 0 Å². The summed E-state index contributed by atoms with van der Waals surface area (Å²) >= 11 is 0. The Morgan fingerprint density at radius 3 is 2.48 bits per heavy atom. The van der Waals surface area contributed by atoms with Gasteiger partial charge in [-0.25, -0.2) is 8.42 Å². The molecule has 0 aliphatic rings. The predicted octanol–water partition coefficient (Wildman–Crippen LogP) is 2.33. The van der Waals surface area contributed by atoms with E-state index in [1.807, 2.05) is 6.92 Å². The normalized spacial score (nSPS) is 11.6. The molecule has 0 aliphatic heterocycles. The van der Waals surface area contributed by atoms with E-state index < -0.39 is 10.0 Å². The van der Waals surface area contributed by atoms with Crippen LogP contribution in [-0.4, -0.2) is 23.3 Å². The second-order valence-electron chi connectivity index (χ2n) is 4.89. The summed E-state index contributed by atoms with van der Waals surface area (Å²) in [6.07, 6.45) is 0. The highest BCUT2D eigenvalue weighted by Gasteiger charge is 2.25. The molecule has 0 saturated carbocycles. The number of benzene rings is 1. The van der Waals surface area contributed by atoms with Crippen LogP contribution in [0.15, 0.2) is 23.1 Å². The van der Waals surface area contributed by atoms with Crippen molar-refractivity contribution in [3.8, 4) is 5.75 Å². The van der Waals surface area contributed by atoms with Gasteiger partial charge in [0.15, 0.2) is 0 Å². The van der Waals surface area contributed by atoms with Crippen LogP contribution in [0.3, 0.4) is 0 Å². The highest BCUT2D eigenvalue weighted by atomic mass is 32.2. The summed E-state index contributed by atoms with van der Waals surface area (Å²) in [4.78, 5) is 0.159. The van der Waals surface area contributed by atoms with E-state index in [9.17, 15) is 13.5 Å². The molecule has 1 aromatic carbocycles. The zero-order valence-corrected chi connectivity index (χ0v) is 13.3. The first-order chi connectivity index (χ1) is 9.77. The Bertz CT molecular complexity index is 759. The monoisotopic (exact) mass is 309 g/mol. The van der Waals surface area contributed by atoms with E-state index in [0.717, 1.165) is 0 Å². The van der Waals surface area contributed by atoms with Gasteiger partial charge in [0.1, 0.15) is 10.6 Å². The van der Waals surface area contributed by atoms with Crippen molar-refractivity contribution in [2.45, 2.75) is 39.1 Å². The van der Waals surface area contributed by atoms with Crippen molar-refractivity contribution in [3.63, 3.8) is 0 Å². The fraction of sp³-hybridized carbons (Fsp3) is 0.357. The highest BCUT2D eigenvalue weighted by molar-refractivity contribution is 7.92. The van der Waals surface area contributed by atoms with Gasteiger partial charge in [0.25, 0.3) is 10.0 Å². The van der Waals surface area contributed by atoms with Crippen LogP contribution in [0.4, 0.5) is 5.69 Å². The summed E-state index contributed by atoms with van der Waals surface area (Å²) in [6.45, 7) is 7.60. The van der Waals surface area contributed by atoms with E-state index in [0.29, 0.717) is 23.5 Å². The average molecular weight is 309 g/mol. The molecule has 0 radical (unpaired) electrons. The first-order valence-corrected chi connectivity index (χ1v) is 8.11. The molecule has 0 aliphatic carbocycles. The smallest absolute Gasteiger partial charge is 0.265 e. The Morgan fingerprint density at radius 1 is 1.29 bits per heavy atom. The standard InChI is InChI=1S/C14H19N3O3S/c1-5-17-11(4)14(10(3)15-17)21(19,20)16-13-9(2)7-6-8-12(13)18/h6-8,16,18H,5H2,1-4H3. The molecule has 114 valence electrons. The van der Waals surface area contributed by atoms with Gasteiger partial charge in [0, 0.05) is 6.54 Å². The minimum absolute atomic E-state index is 0.100. The van der Waals surface area contributed by atoms with Crippen LogP contribution in [-0.2, 0) is 16.6 Å². The van der Waals surface area contributed by atoms with Crippen LogP contribution in [0.1, 0.15) is 23.9 Å². The largest absolute Gasteiger partial charge is 0.506 e. The molecule has 0 fully saturated rings. The summed E-state index contributed by atoms with van der Waals surface area (Å²) < 4.78 is 29.3. The lowest BCUT2D eigenvalue weighted by molar-refractivity contribution is 0.477. The molecular weight excluding hydrogens is 290 g/mol. The van der Waals surface area contributed by atoms with Crippen molar-refractivity contribution >= 4 is 15.7 Å². The summed E-state index contributed by atoms with van der Waals surface area (Å²) in [5.41, 5.74) is 1.86. The molecule has 0 spiro atoms. The fourth-order valence-corrected chi connectivity index (χ4v) is 3.91. The van der Waals surface area contributed by atoms with Gasteiger partial charge in [0.05, 0.1) is 17.1 Å². The molecule has 2 aromatic rings. The average Bonchev–Trinajstić information content (AvgIpc) is 2.69. The SMILES string of the molecule is CCn1nc(C)c(S(=O)(=O)Nc2c(C)cccc2O)c1C. The maximum absolute atomic E-state index is 12.6. The number of aromatic nitrogens is 2. The van der Waals surface area contributed by atoms with Gasteiger partial charge >= 0.3 is 0 Å². The zero-order chi connectivity index (χ0) is 15.8. The minimum atomic E-state index is -3.80. The molecular formula is C14H19N3O3S. The first-order valence-electron chi connectivity index (χ1n) is 6.63. The Morgan fingerprint density at radius 2 is 1.95 bits per heavy atom. The van der Waals surface area contributed by atoms with E-state index >= 15 is 0 Å². The van der Waals surface area contributed by atoms with E-state index in [2.05, 4.69) is 9.82 Å². The number of aryl methyl sites for hydroxylation is 3. The lowest BCUT2D eigenvalue weighted by Crippen LogP contribution is -2.16. The van der Waals surface area contributed by atoms with E-state index in [-0.39, 0.29) is 16.3 Å². The number of nitrogens with zero attached hydrogens (tertiary/aromatic N) is 2. The molecule has 2 N–H and O–H groups in total. The second kappa shape index (κ2) is 5.40. The van der Waals surface area contributed by atoms with Crippen molar-refractivity contribution in [1.82, 2.24) is 9.78 Å². The number of anilines is 1. The molecule has 1 heterocycles. The lowest BCUT2D eigenvalue weighted by Gasteiger charge is -2.12. The maximum Gasteiger partial charge on any atom is 0.265 e. The summed E-state index contributed by atoms with van der Waals surface area (Å²) in [5, 5.41) is 14.1. The maximum atomic E-state index is 12.6. The molecule has 0 atom stereocenters. The Labute approximate surface area is 124 Å². The van der Waals surface area contributed by atoms with Crippen LogP contribution in [0.25, 0.3) is 0 Å². The van der Waals surface area contributed by atoms with Gasteiger partial charge in [-0.3, -0.25) is 9.40 Å². The van der Waals surface area contributed by atoms with Crippen molar-refractivity contribution < 1.29 is 13.5 Å². The third kappa shape index (κ3) is 2.73. The summed E-state index contributed by atoms with van der Waals surface area (Å²) in [5.74, 6) is -0.100. The molecule has 0 unspecified atom stereocenters. The number of hydrogen-bond acceptors (Lipinski definition) is 4. The van der Waals surface area contributed by atoms with Crippen LogP contribution in [0.2, 0.25) is 0 Å². The number of nitrogens with one attached hydrogen (secondary N) is 1. The van der Waals surface area contributed by atoms with Gasteiger partial charge in [-0.05, 0) is 39.3 Å². The quantitative estimate of drug-likeness (QED) is 0.849.